The van der Waals surface area contributed by atoms with E-state index in [2.05, 4.69) is 9.12 Å². The number of carboxylic acids is 2. The lowest BCUT2D eigenvalue weighted by Gasteiger charge is -2.07. The van der Waals surface area contributed by atoms with E-state index in [1.165, 1.54) is 12.1 Å². The highest BCUT2D eigenvalue weighted by Crippen LogP contribution is 2.00. The van der Waals surface area contributed by atoms with Crippen LogP contribution < -0.4 is 4.72 Å². The minimum Gasteiger partial charge on any atom is -0.479 e. The molecular formula is C8H12N2O6S. The largest absolute Gasteiger partial charge is 0.479 e. The van der Waals surface area contributed by atoms with Crippen LogP contribution in [-0.2, 0) is 9.59 Å². The average Bonchev–Trinajstić information content (AvgIpc) is 2.28. The molecule has 0 aromatic carbocycles. The number of aliphatic carboxylic acids is 2. The van der Waals surface area contributed by atoms with Crippen molar-refractivity contribution in [3.8, 4) is 0 Å². The number of carbonyl (C=O) groups is 2. The third-order valence-corrected chi connectivity index (χ3v) is 2.06. The van der Waals surface area contributed by atoms with Gasteiger partial charge in [0.15, 0.2) is 12.2 Å². The minimum atomic E-state index is -2.27. The smallest absolute Gasteiger partial charge is 0.335 e. The first-order valence-corrected chi connectivity index (χ1v) is 5.08. The summed E-state index contributed by atoms with van der Waals surface area (Å²) in [6.45, 7) is 1.96. The van der Waals surface area contributed by atoms with E-state index in [0.717, 1.165) is 5.71 Å². The van der Waals surface area contributed by atoms with Crippen molar-refractivity contribution in [1.29, 1.82) is 0 Å². The van der Waals surface area contributed by atoms with E-state index < -0.39 is 24.1 Å². The van der Waals surface area contributed by atoms with Gasteiger partial charge in [-0.2, -0.15) is 0 Å². The van der Waals surface area contributed by atoms with E-state index in [9.17, 15) is 9.59 Å². The minimum absolute atomic E-state index is 1.06. The molecule has 0 aromatic heterocycles. The number of carboxylic acid groups (broad SMARTS) is 2. The van der Waals surface area contributed by atoms with Crippen molar-refractivity contribution in [2.75, 3.05) is 0 Å². The molecule has 9 heteroatoms. The van der Waals surface area contributed by atoms with E-state index in [1.807, 2.05) is 19.2 Å². The summed E-state index contributed by atoms with van der Waals surface area (Å²) in [6.07, 6.45) is -0.737. The fourth-order valence-electron chi connectivity index (χ4n) is 0.584. The maximum atomic E-state index is 9.77. The molecule has 5 N–H and O–H groups in total. The topological polar surface area (TPSA) is 139 Å². The molecule has 1 heterocycles. The molecule has 1 aliphatic heterocycles. The molecule has 0 amide bonds. The zero-order chi connectivity index (χ0) is 13.4. The number of allylic oxidation sites excluding steroid dienone is 1. The van der Waals surface area contributed by atoms with Gasteiger partial charge in [0.25, 0.3) is 0 Å². The number of nitrogens with zero attached hydrogens (tertiary/aromatic N) is 1. The fourth-order valence-corrected chi connectivity index (χ4v) is 0.970. The van der Waals surface area contributed by atoms with Crippen LogP contribution in [-0.4, -0.2) is 50.3 Å². The Morgan fingerprint density at radius 2 is 1.76 bits per heavy atom. The lowest BCUT2D eigenvalue weighted by atomic mass is 10.2. The van der Waals surface area contributed by atoms with Gasteiger partial charge in [-0.15, -0.1) is 0 Å². The van der Waals surface area contributed by atoms with Gasteiger partial charge in [-0.1, -0.05) is 0 Å². The SMILES string of the molecule is CC1=NSNC=C1.O=C(O)C(O)C(O)C(=O)O. The number of rotatable bonds is 3. The van der Waals surface area contributed by atoms with Crippen LogP contribution in [0, 0.1) is 0 Å². The van der Waals surface area contributed by atoms with Crippen LogP contribution in [0.2, 0.25) is 0 Å². The number of aliphatic hydroxyl groups is 2. The predicted octanol–water partition coefficient (Wildman–Crippen LogP) is -0.995. The summed E-state index contributed by atoms with van der Waals surface area (Å²) in [5.41, 5.74) is 1.06. The number of aliphatic hydroxyl groups excluding tert-OH is 2. The second-order valence-corrected chi connectivity index (χ2v) is 3.44. The zero-order valence-electron chi connectivity index (χ0n) is 8.77. The van der Waals surface area contributed by atoms with Crippen molar-refractivity contribution in [2.24, 2.45) is 4.40 Å². The highest BCUT2D eigenvalue weighted by atomic mass is 32.2. The summed E-state index contributed by atoms with van der Waals surface area (Å²) in [6, 6.07) is 0. The average molecular weight is 264 g/mol. The first-order chi connectivity index (χ1) is 7.86. The Bertz CT molecular complexity index is 325. The van der Waals surface area contributed by atoms with Crippen molar-refractivity contribution in [3.63, 3.8) is 0 Å². The van der Waals surface area contributed by atoms with Crippen LogP contribution in [0.15, 0.2) is 16.7 Å². The summed E-state index contributed by atoms with van der Waals surface area (Å²) in [4.78, 5) is 19.5. The van der Waals surface area contributed by atoms with Crippen molar-refractivity contribution in [2.45, 2.75) is 19.1 Å². The van der Waals surface area contributed by atoms with E-state index in [0.29, 0.717) is 0 Å². The molecule has 2 atom stereocenters. The first kappa shape index (κ1) is 15.4. The molecule has 0 aromatic rings. The fraction of sp³-hybridized carbons (Fsp3) is 0.375. The third-order valence-electron chi connectivity index (χ3n) is 1.44. The summed E-state index contributed by atoms with van der Waals surface area (Å²) < 4.78 is 6.83. The van der Waals surface area contributed by atoms with Gasteiger partial charge >= 0.3 is 11.9 Å². The molecule has 1 rings (SSSR count). The van der Waals surface area contributed by atoms with Gasteiger partial charge in [-0.25, -0.2) is 14.0 Å². The Kier molecular flexibility index (Phi) is 6.94. The molecule has 0 bridgehead atoms. The predicted molar refractivity (Wildman–Crippen MR) is 60.3 cm³/mol. The van der Waals surface area contributed by atoms with E-state index >= 15 is 0 Å². The molecule has 0 saturated heterocycles. The molecule has 0 aliphatic carbocycles. The van der Waals surface area contributed by atoms with Crippen molar-refractivity contribution in [1.82, 2.24) is 4.72 Å². The van der Waals surface area contributed by atoms with Crippen LogP contribution in [0.25, 0.3) is 0 Å². The highest BCUT2D eigenvalue weighted by Gasteiger charge is 2.29. The van der Waals surface area contributed by atoms with Crippen molar-refractivity contribution in [3.05, 3.63) is 12.3 Å². The van der Waals surface area contributed by atoms with Gasteiger partial charge in [0, 0.05) is 11.9 Å². The molecule has 17 heavy (non-hydrogen) atoms. The first-order valence-electron chi connectivity index (χ1n) is 4.30. The second-order valence-electron chi connectivity index (χ2n) is 2.84. The van der Waals surface area contributed by atoms with Gasteiger partial charge < -0.3 is 25.1 Å². The Hall–Kier alpha value is -1.58. The molecule has 8 nitrogen and oxygen atoms in total. The monoisotopic (exact) mass is 264 g/mol. The Morgan fingerprint density at radius 1 is 1.29 bits per heavy atom. The molecular weight excluding hydrogens is 252 g/mol. The zero-order valence-corrected chi connectivity index (χ0v) is 9.59. The van der Waals surface area contributed by atoms with Crippen molar-refractivity contribution >= 4 is 29.8 Å². The van der Waals surface area contributed by atoms with E-state index in [4.69, 9.17) is 20.4 Å². The molecule has 96 valence electrons. The van der Waals surface area contributed by atoms with E-state index in [1.54, 1.807) is 0 Å². The quantitative estimate of drug-likeness (QED) is 0.409. The van der Waals surface area contributed by atoms with Gasteiger partial charge in [-0.05, 0) is 13.0 Å². The summed E-state index contributed by atoms with van der Waals surface area (Å²) in [5.74, 6) is -3.54. The number of nitrogens with one attached hydrogen (secondary N) is 1. The molecule has 1 aliphatic rings. The summed E-state index contributed by atoms with van der Waals surface area (Å²) in [5, 5.41) is 32.5. The number of hydrogen-bond acceptors (Lipinski definition) is 7. The Balaban J connectivity index is 0.000000318. The third kappa shape index (κ3) is 6.56. The maximum absolute atomic E-state index is 9.77. The molecule has 0 fully saturated rings. The number of hydrogen-bond donors (Lipinski definition) is 5. The molecule has 0 radical (unpaired) electrons. The normalized spacial score (nSPS) is 16.8. The Morgan fingerprint density at radius 3 is 1.94 bits per heavy atom. The van der Waals surface area contributed by atoms with Crippen LogP contribution in [0.1, 0.15) is 6.92 Å². The Labute approximate surface area is 101 Å². The van der Waals surface area contributed by atoms with Gasteiger partial charge in [0.2, 0.25) is 0 Å². The molecule has 0 saturated carbocycles. The van der Waals surface area contributed by atoms with Gasteiger partial charge in [-0.3, -0.25) is 0 Å². The molecule has 0 spiro atoms. The lowest BCUT2D eigenvalue weighted by molar-refractivity contribution is -0.165. The van der Waals surface area contributed by atoms with Crippen LogP contribution in [0.3, 0.4) is 0 Å². The van der Waals surface area contributed by atoms with E-state index in [-0.39, 0.29) is 0 Å². The van der Waals surface area contributed by atoms with Crippen molar-refractivity contribution < 1.29 is 30.0 Å². The van der Waals surface area contributed by atoms with Crippen LogP contribution >= 0.6 is 12.1 Å². The highest BCUT2D eigenvalue weighted by molar-refractivity contribution is 7.96. The van der Waals surface area contributed by atoms with Gasteiger partial charge in [0.05, 0.1) is 12.1 Å². The second kappa shape index (κ2) is 7.65. The van der Waals surface area contributed by atoms with Crippen LogP contribution in [0.5, 0.6) is 0 Å². The lowest BCUT2D eigenvalue weighted by Crippen LogP contribution is -2.39. The van der Waals surface area contributed by atoms with Gasteiger partial charge in [0.1, 0.15) is 0 Å². The van der Waals surface area contributed by atoms with Crippen LogP contribution in [0.4, 0.5) is 0 Å². The maximum Gasteiger partial charge on any atom is 0.335 e. The summed E-state index contributed by atoms with van der Waals surface area (Å²) >= 11 is 1.35. The standard InChI is InChI=1S/C4H6N2S.C4H6O6/c1-4-2-3-5-7-6-4;5-1(3(7)8)2(6)4(9)10/h2-3,5H,1H3;1-2,5-6H,(H,7,8)(H,9,10). The summed E-state index contributed by atoms with van der Waals surface area (Å²) in [7, 11) is 0. The molecule has 2 unspecified atom stereocenters.